The fraction of sp³-hybridized carbons (Fsp3) is 0.381. The summed E-state index contributed by atoms with van der Waals surface area (Å²) in [7, 11) is 0. The number of carboxylic acid groups (broad SMARTS) is 1. The number of phenols is 1. The molecule has 2 aromatic carbocycles. The number of nitrogens with zero attached hydrogens (tertiary/aromatic N) is 2. The third kappa shape index (κ3) is 4.48. The minimum Gasteiger partial charge on any atom is -0.507 e. The second-order valence-corrected chi connectivity index (χ2v) is 7.61. The average molecular weight is 354 g/mol. The maximum atomic E-state index is 10.5. The highest BCUT2D eigenvalue weighted by atomic mass is 16.4. The van der Waals surface area contributed by atoms with Crippen LogP contribution in [-0.4, -0.2) is 16.2 Å². The van der Waals surface area contributed by atoms with Crippen molar-refractivity contribution in [2.75, 3.05) is 0 Å². The summed E-state index contributed by atoms with van der Waals surface area (Å²) in [5.41, 5.74) is 1.59. The smallest absolute Gasteiger partial charge is 0.305 e. The lowest BCUT2D eigenvalue weighted by Crippen LogP contribution is -2.19. The Balaban J connectivity index is 0.000000352. The van der Waals surface area contributed by atoms with Gasteiger partial charge in [-0.3, -0.25) is 14.8 Å². The van der Waals surface area contributed by atoms with Crippen molar-refractivity contribution in [2.45, 2.75) is 46.2 Å². The van der Waals surface area contributed by atoms with Gasteiger partial charge in [-0.05, 0) is 23.1 Å². The first-order chi connectivity index (χ1) is 12.1. The molecule has 5 nitrogen and oxygen atoms in total. The van der Waals surface area contributed by atoms with Gasteiger partial charge in [-0.2, -0.15) is 0 Å². The molecular weight excluding hydrogens is 328 g/mol. The Bertz CT molecular complexity index is 877. The van der Waals surface area contributed by atoms with E-state index < -0.39 is 5.97 Å². The van der Waals surface area contributed by atoms with E-state index in [1.807, 2.05) is 42.5 Å². The number of hydrogen-bond donors (Lipinski definition) is 2. The first-order valence-corrected chi connectivity index (χ1v) is 8.67. The molecule has 0 saturated heterocycles. The summed E-state index contributed by atoms with van der Waals surface area (Å²) in [4.78, 5) is 18.9. The van der Waals surface area contributed by atoms with E-state index in [0.717, 1.165) is 21.8 Å². The molecule has 0 aromatic heterocycles. The lowest BCUT2D eigenvalue weighted by molar-refractivity contribution is -0.140. The molecular formula is C21H26N2O3. The van der Waals surface area contributed by atoms with Gasteiger partial charge in [0.25, 0.3) is 0 Å². The molecule has 0 spiro atoms. The molecule has 0 unspecified atom stereocenters. The Morgan fingerprint density at radius 3 is 1.92 bits per heavy atom. The minimum absolute atomic E-state index is 0.106. The molecule has 2 aromatic rings. The van der Waals surface area contributed by atoms with Gasteiger partial charge in [0, 0.05) is 5.56 Å². The number of aromatic hydroxyl groups is 1. The third-order valence-corrected chi connectivity index (χ3v) is 4.05. The van der Waals surface area contributed by atoms with Crippen LogP contribution in [0.3, 0.4) is 0 Å². The van der Waals surface area contributed by atoms with Gasteiger partial charge in [0.15, 0.2) is 6.17 Å². The van der Waals surface area contributed by atoms with Gasteiger partial charge in [-0.15, -0.1) is 0 Å². The lowest BCUT2D eigenvalue weighted by atomic mass is 9.85. The summed E-state index contributed by atoms with van der Waals surface area (Å²) in [6.45, 7) is 9.54. The Labute approximate surface area is 153 Å². The van der Waals surface area contributed by atoms with E-state index in [9.17, 15) is 9.90 Å². The second kappa shape index (κ2) is 7.68. The summed E-state index contributed by atoms with van der Waals surface area (Å²) in [6.07, 6.45) is -0.338. The van der Waals surface area contributed by atoms with Gasteiger partial charge in [0.2, 0.25) is 0 Å². The Morgan fingerprint density at radius 2 is 1.50 bits per heavy atom. The Morgan fingerprint density at radius 1 is 1.00 bits per heavy atom. The van der Waals surface area contributed by atoms with E-state index in [1.54, 1.807) is 13.8 Å². The quantitative estimate of drug-likeness (QED) is 0.867. The normalized spacial score (nSPS) is 13.3. The number of carbonyl (C=O) groups is 1. The number of para-hydroxylation sites is 3. The molecule has 1 aliphatic heterocycles. The number of phenolic OH excluding ortho intramolecular Hbond substituents is 1. The van der Waals surface area contributed by atoms with Crippen LogP contribution in [0.15, 0.2) is 52.4 Å². The largest absolute Gasteiger partial charge is 0.507 e. The zero-order valence-electron chi connectivity index (χ0n) is 15.9. The number of hydrogen-bond acceptors (Lipinski definition) is 4. The van der Waals surface area contributed by atoms with Crippen LogP contribution in [0.25, 0.3) is 0 Å². The molecule has 0 bridgehead atoms. The van der Waals surface area contributed by atoms with Crippen LogP contribution >= 0.6 is 0 Å². The fourth-order valence-corrected chi connectivity index (χ4v) is 2.49. The van der Waals surface area contributed by atoms with Crippen LogP contribution in [0.4, 0.5) is 0 Å². The van der Waals surface area contributed by atoms with Crippen molar-refractivity contribution in [3.05, 3.63) is 64.3 Å². The molecule has 1 aliphatic rings. The average Bonchev–Trinajstić information content (AvgIpc) is 2.98. The van der Waals surface area contributed by atoms with Gasteiger partial charge in [0.1, 0.15) is 5.75 Å². The first-order valence-electron chi connectivity index (χ1n) is 8.67. The first kappa shape index (κ1) is 19.6. The van der Waals surface area contributed by atoms with Crippen LogP contribution in [0, 0.1) is 5.92 Å². The van der Waals surface area contributed by atoms with Crippen molar-refractivity contribution in [3.8, 4) is 5.75 Å². The summed E-state index contributed by atoms with van der Waals surface area (Å²) in [5.74, 6) is -0.662. The van der Waals surface area contributed by atoms with Crippen molar-refractivity contribution in [2.24, 2.45) is 15.9 Å². The zero-order valence-corrected chi connectivity index (χ0v) is 15.9. The molecule has 0 amide bonds. The molecule has 0 saturated carbocycles. The minimum atomic E-state index is -0.741. The summed E-state index contributed by atoms with van der Waals surface area (Å²) in [5, 5.41) is 20.3. The van der Waals surface area contributed by atoms with Crippen molar-refractivity contribution in [1.82, 2.24) is 0 Å². The molecule has 2 N–H and O–H groups in total. The van der Waals surface area contributed by atoms with Gasteiger partial charge < -0.3 is 10.2 Å². The van der Waals surface area contributed by atoms with Crippen LogP contribution in [0.2, 0.25) is 0 Å². The highest BCUT2D eigenvalue weighted by Gasteiger charge is 2.23. The van der Waals surface area contributed by atoms with E-state index in [2.05, 4.69) is 30.8 Å². The summed E-state index contributed by atoms with van der Waals surface area (Å²) >= 11 is 0. The van der Waals surface area contributed by atoms with Gasteiger partial charge in [0.05, 0.1) is 16.6 Å². The standard InChI is InChI=1S/C17H18N2O.C4H8O2/c1-17(2,3)12-8-6-7-11(15(12)20)16-18-13-9-4-5-10-14(13)19-16;1-3(2)4(5)6/h4-10,16,20H,1-3H3;3H,1-2H3,(H,5,6). The number of benzene rings is 2. The third-order valence-electron chi connectivity index (χ3n) is 4.05. The Kier molecular flexibility index (Phi) is 5.80. The van der Waals surface area contributed by atoms with E-state index >= 15 is 0 Å². The molecule has 26 heavy (non-hydrogen) atoms. The highest BCUT2D eigenvalue weighted by molar-refractivity contribution is 5.68. The predicted molar refractivity (Wildman–Crippen MR) is 101 cm³/mol. The van der Waals surface area contributed by atoms with Crippen LogP contribution in [0.1, 0.15) is 51.9 Å². The SMILES string of the molecule is CC(C)(C)c1cccc(C2N=c3ccccc3=N2)c1O.CC(C)C(=O)O. The van der Waals surface area contributed by atoms with E-state index in [4.69, 9.17) is 5.11 Å². The number of rotatable bonds is 2. The van der Waals surface area contributed by atoms with Gasteiger partial charge >= 0.3 is 5.97 Å². The molecule has 1 heterocycles. The van der Waals surface area contributed by atoms with Crippen molar-refractivity contribution in [3.63, 3.8) is 0 Å². The number of carboxylic acids is 1. The highest BCUT2D eigenvalue weighted by Crippen LogP contribution is 2.37. The van der Waals surface area contributed by atoms with Crippen LogP contribution < -0.4 is 10.7 Å². The molecule has 3 rings (SSSR count). The maximum Gasteiger partial charge on any atom is 0.305 e. The maximum absolute atomic E-state index is 10.5. The molecule has 138 valence electrons. The van der Waals surface area contributed by atoms with Gasteiger partial charge in [-0.1, -0.05) is 65.0 Å². The number of fused-ring (bicyclic) bond motifs is 1. The molecule has 0 atom stereocenters. The van der Waals surface area contributed by atoms with E-state index in [0.29, 0.717) is 5.75 Å². The Hall–Kier alpha value is -2.69. The molecule has 0 fully saturated rings. The predicted octanol–water partition coefficient (Wildman–Crippen LogP) is 3.37. The molecule has 0 aliphatic carbocycles. The molecule has 5 heteroatoms. The second-order valence-electron chi connectivity index (χ2n) is 7.61. The van der Waals surface area contributed by atoms with Crippen molar-refractivity contribution >= 4 is 5.97 Å². The summed E-state index contributed by atoms with van der Waals surface area (Å²) < 4.78 is 0. The zero-order chi connectivity index (χ0) is 19.5. The lowest BCUT2D eigenvalue weighted by Gasteiger charge is -2.22. The van der Waals surface area contributed by atoms with E-state index in [1.165, 1.54) is 0 Å². The van der Waals surface area contributed by atoms with Gasteiger partial charge in [-0.25, -0.2) is 0 Å². The molecule has 0 radical (unpaired) electrons. The van der Waals surface area contributed by atoms with E-state index in [-0.39, 0.29) is 17.5 Å². The fourth-order valence-electron chi connectivity index (χ4n) is 2.49. The van der Waals surface area contributed by atoms with Crippen LogP contribution in [-0.2, 0) is 10.2 Å². The topological polar surface area (TPSA) is 82.2 Å². The van der Waals surface area contributed by atoms with Crippen molar-refractivity contribution in [1.29, 1.82) is 0 Å². The summed E-state index contributed by atoms with van der Waals surface area (Å²) in [6, 6.07) is 13.6. The van der Waals surface area contributed by atoms with Crippen molar-refractivity contribution < 1.29 is 15.0 Å². The monoisotopic (exact) mass is 354 g/mol. The van der Waals surface area contributed by atoms with Crippen LogP contribution in [0.5, 0.6) is 5.75 Å². The number of aliphatic carboxylic acids is 1.